The van der Waals surface area contributed by atoms with Gasteiger partial charge in [-0.2, -0.15) is 0 Å². The Morgan fingerprint density at radius 2 is 1.88 bits per heavy atom. The number of halogens is 4. The molecule has 2 aromatic carbocycles. The maximum absolute atomic E-state index is 13.3. The number of anilines is 1. The Morgan fingerprint density at radius 1 is 1.23 bits per heavy atom. The number of benzene rings is 2. The molecule has 2 rings (SSSR count). The second-order valence-electron chi connectivity index (χ2n) is 5.42. The van der Waals surface area contributed by atoms with Gasteiger partial charge in [-0.25, -0.2) is 8.78 Å². The maximum atomic E-state index is 13.3. The molecule has 1 atom stereocenters. The molecule has 0 radical (unpaired) electrons. The number of carbonyl (C=O) groups excluding carboxylic acids is 1. The van der Waals surface area contributed by atoms with Crippen molar-refractivity contribution in [3.63, 3.8) is 0 Å². The molecule has 138 valence electrons. The molecule has 1 amide bonds. The van der Waals surface area contributed by atoms with Crippen LogP contribution < -0.4 is 10.6 Å². The lowest BCUT2D eigenvalue weighted by molar-refractivity contribution is -0.383. The van der Waals surface area contributed by atoms with E-state index in [9.17, 15) is 23.7 Å². The van der Waals surface area contributed by atoms with Gasteiger partial charge in [0.2, 0.25) is 0 Å². The lowest BCUT2D eigenvalue weighted by atomic mass is 10.2. The molecule has 0 aliphatic heterocycles. The molecule has 0 heterocycles. The van der Waals surface area contributed by atoms with Crippen LogP contribution in [0.15, 0.2) is 30.3 Å². The summed E-state index contributed by atoms with van der Waals surface area (Å²) >= 11 is 11.5. The summed E-state index contributed by atoms with van der Waals surface area (Å²) in [5.41, 5.74) is -0.194. The molecule has 0 spiro atoms. The van der Waals surface area contributed by atoms with Crippen LogP contribution in [0.4, 0.5) is 20.2 Å². The monoisotopic (exact) mass is 403 g/mol. The highest BCUT2D eigenvalue weighted by molar-refractivity contribution is 6.33. The highest BCUT2D eigenvalue weighted by Crippen LogP contribution is 2.27. The number of nitro benzene ring substituents is 1. The Balaban J connectivity index is 2.04. The number of hydrogen-bond donors (Lipinski definition) is 2. The van der Waals surface area contributed by atoms with Crippen molar-refractivity contribution >= 4 is 40.5 Å². The molecule has 2 N–H and O–H groups in total. The third-order valence-corrected chi connectivity index (χ3v) is 3.94. The summed E-state index contributed by atoms with van der Waals surface area (Å²) in [4.78, 5) is 22.6. The van der Waals surface area contributed by atoms with Gasteiger partial charge in [0.05, 0.1) is 15.5 Å². The van der Waals surface area contributed by atoms with E-state index < -0.39 is 28.5 Å². The molecule has 6 nitrogen and oxygen atoms in total. The lowest BCUT2D eigenvalue weighted by Gasteiger charge is -2.16. The van der Waals surface area contributed by atoms with Crippen LogP contribution in [0.5, 0.6) is 0 Å². The Kier molecular flexibility index (Phi) is 6.33. The molecule has 0 aliphatic rings. The summed E-state index contributed by atoms with van der Waals surface area (Å²) in [5, 5.41) is 16.4. The average Bonchev–Trinajstić information content (AvgIpc) is 2.56. The van der Waals surface area contributed by atoms with Gasteiger partial charge in [0, 0.05) is 23.7 Å². The number of carbonyl (C=O) groups is 1. The topological polar surface area (TPSA) is 84.3 Å². The van der Waals surface area contributed by atoms with Crippen molar-refractivity contribution in [3.05, 3.63) is 67.7 Å². The summed E-state index contributed by atoms with van der Waals surface area (Å²) < 4.78 is 26.3. The maximum Gasteiger partial charge on any atom is 0.293 e. The van der Waals surface area contributed by atoms with Crippen LogP contribution in [0.25, 0.3) is 0 Å². The van der Waals surface area contributed by atoms with Gasteiger partial charge < -0.3 is 10.6 Å². The molecule has 0 fully saturated rings. The first-order chi connectivity index (χ1) is 12.2. The van der Waals surface area contributed by atoms with Crippen LogP contribution in [0.2, 0.25) is 10.0 Å². The fourth-order valence-corrected chi connectivity index (χ4v) is 2.52. The van der Waals surface area contributed by atoms with Gasteiger partial charge in [-0.3, -0.25) is 14.9 Å². The van der Waals surface area contributed by atoms with E-state index in [2.05, 4.69) is 10.6 Å². The Labute approximate surface area is 157 Å². The number of nitrogens with one attached hydrogen (secondary N) is 2. The summed E-state index contributed by atoms with van der Waals surface area (Å²) in [6.45, 7) is 1.76. The summed E-state index contributed by atoms with van der Waals surface area (Å²) in [6, 6.07) is 5.06. The Bertz CT molecular complexity index is 865. The van der Waals surface area contributed by atoms with E-state index in [0.29, 0.717) is 12.1 Å². The molecule has 0 saturated carbocycles. The fraction of sp³-hybridized carbons (Fsp3) is 0.188. The molecule has 1 unspecified atom stereocenters. The van der Waals surface area contributed by atoms with E-state index in [4.69, 9.17) is 23.2 Å². The van der Waals surface area contributed by atoms with Crippen LogP contribution in [-0.2, 0) is 0 Å². The zero-order valence-corrected chi connectivity index (χ0v) is 14.9. The van der Waals surface area contributed by atoms with Gasteiger partial charge in [0.15, 0.2) is 11.6 Å². The third-order valence-electron chi connectivity index (χ3n) is 3.39. The first-order valence-corrected chi connectivity index (χ1v) is 8.08. The largest absolute Gasteiger partial charge is 0.377 e. The van der Waals surface area contributed by atoms with E-state index in [1.807, 2.05) is 0 Å². The third kappa shape index (κ3) is 4.80. The number of nitro groups is 1. The van der Waals surface area contributed by atoms with Crippen molar-refractivity contribution in [1.82, 2.24) is 5.32 Å². The van der Waals surface area contributed by atoms with Crippen molar-refractivity contribution in [1.29, 1.82) is 0 Å². The lowest BCUT2D eigenvalue weighted by Crippen LogP contribution is -2.37. The van der Waals surface area contributed by atoms with Gasteiger partial charge in [-0.05, 0) is 31.2 Å². The van der Waals surface area contributed by atoms with Crippen LogP contribution in [0, 0.1) is 21.7 Å². The molecular formula is C16H13Cl2F2N3O3. The van der Waals surface area contributed by atoms with Gasteiger partial charge >= 0.3 is 0 Å². The molecular weight excluding hydrogens is 391 g/mol. The quantitative estimate of drug-likeness (QED) is 0.425. The first kappa shape index (κ1) is 19.9. The Hall–Kier alpha value is -2.45. The summed E-state index contributed by atoms with van der Waals surface area (Å²) in [6.07, 6.45) is 0. The van der Waals surface area contributed by atoms with Crippen LogP contribution in [-0.4, -0.2) is 23.4 Å². The van der Waals surface area contributed by atoms with E-state index in [-0.39, 0.29) is 33.5 Å². The SMILES string of the molecule is CC(CNc1ccc(Cl)cc1[N+](=O)[O-])NC(=O)c1cc(F)c(F)cc1Cl. The predicted octanol–water partition coefficient (Wildman–Crippen LogP) is 4.41. The zero-order valence-electron chi connectivity index (χ0n) is 13.4. The normalized spacial score (nSPS) is 11.7. The second-order valence-corrected chi connectivity index (χ2v) is 6.26. The standard InChI is InChI=1S/C16H13Cl2F2N3O3/c1-8(7-21-14-3-2-9(17)4-15(14)23(25)26)22-16(24)10-5-12(19)13(20)6-11(10)18/h2-6,8,21H,7H2,1H3,(H,22,24). The van der Waals surface area contributed by atoms with Gasteiger partial charge in [0.1, 0.15) is 5.69 Å². The van der Waals surface area contributed by atoms with Crippen molar-refractivity contribution in [3.8, 4) is 0 Å². The Morgan fingerprint density at radius 3 is 2.54 bits per heavy atom. The zero-order chi connectivity index (χ0) is 19.4. The minimum Gasteiger partial charge on any atom is -0.377 e. The molecule has 0 bridgehead atoms. The first-order valence-electron chi connectivity index (χ1n) is 7.32. The fourth-order valence-electron chi connectivity index (χ4n) is 2.12. The molecule has 0 aromatic heterocycles. The molecule has 2 aromatic rings. The second kappa shape index (κ2) is 8.29. The number of amides is 1. The van der Waals surface area contributed by atoms with Crippen molar-refractivity contribution in [2.45, 2.75) is 13.0 Å². The number of nitrogens with zero attached hydrogens (tertiary/aromatic N) is 1. The minimum absolute atomic E-state index is 0.134. The van der Waals surface area contributed by atoms with E-state index in [1.165, 1.54) is 18.2 Å². The highest BCUT2D eigenvalue weighted by atomic mass is 35.5. The van der Waals surface area contributed by atoms with Crippen molar-refractivity contribution < 1.29 is 18.5 Å². The summed E-state index contributed by atoms with van der Waals surface area (Å²) in [7, 11) is 0. The highest BCUT2D eigenvalue weighted by Gasteiger charge is 2.18. The van der Waals surface area contributed by atoms with Crippen LogP contribution >= 0.6 is 23.2 Å². The summed E-state index contributed by atoms with van der Waals surface area (Å²) in [5.74, 6) is -3.05. The van der Waals surface area contributed by atoms with Gasteiger partial charge in [-0.15, -0.1) is 0 Å². The average molecular weight is 404 g/mol. The smallest absolute Gasteiger partial charge is 0.293 e. The molecule has 0 aliphatic carbocycles. The van der Waals surface area contributed by atoms with Gasteiger partial charge in [0.25, 0.3) is 11.6 Å². The van der Waals surface area contributed by atoms with Gasteiger partial charge in [-0.1, -0.05) is 23.2 Å². The molecule has 0 saturated heterocycles. The number of rotatable bonds is 6. The van der Waals surface area contributed by atoms with E-state index >= 15 is 0 Å². The van der Waals surface area contributed by atoms with Crippen LogP contribution in [0.1, 0.15) is 17.3 Å². The minimum atomic E-state index is -1.19. The van der Waals surface area contributed by atoms with E-state index in [0.717, 1.165) is 0 Å². The molecule has 10 heteroatoms. The predicted molar refractivity (Wildman–Crippen MR) is 94.9 cm³/mol. The van der Waals surface area contributed by atoms with Crippen molar-refractivity contribution in [2.75, 3.05) is 11.9 Å². The number of hydrogen-bond acceptors (Lipinski definition) is 4. The van der Waals surface area contributed by atoms with E-state index in [1.54, 1.807) is 6.92 Å². The van der Waals surface area contributed by atoms with Crippen LogP contribution in [0.3, 0.4) is 0 Å². The van der Waals surface area contributed by atoms with Crippen molar-refractivity contribution in [2.24, 2.45) is 0 Å². The molecule has 26 heavy (non-hydrogen) atoms.